The Hall–Kier alpha value is -2.34. The second kappa shape index (κ2) is 9.49. The van der Waals surface area contributed by atoms with E-state index in [1.165, 1.54) is 26.2 Å². The second-order valence-corrected chi connectivity index (χ2v) is 11.1. The largest absolute Gasteiger partial charge is 0.473 e. The average molecular weight is 484 g/mol. The molecule has 0 spiro atoms. The molecule has 0 radical (unpaired) electrons. The fourth-order valence-corrected chi connectivity index (χ4v) is 4.55. The number of piperidine rings is 1. The van der Waals surface area contributed by atoms with E-state index in [4.69, 9.17) is 14.0 Å². The number of rotatable bonds is 7. The van der Waals surface area contributed by atoms with E-state index in [0.717, 1.165) is 57.9 Å². The summed E-state index contributed by atoms with van der Waals surface area (Å²) in [4.78, 5) is 14.2. The summed E-state index contributed by atoms with van der Waals surface area (Å²) >= 11 is 0. The summed E-state index contributed by atoms with van der Waals surface area (Å²) < 4.78 is 54.2. The molecular weight excluding hydrogens is 453 g/mol. The van der Waals surface area contributed by atoms with E-state index < -0.39 is 15.5 Å². The first-order valence-corrected chi connectivity index (χ1v) is 13.1. The van der Waals surface area contributed by atoms with Crippen LogP contribution in [0.4, 0.5) is 10.3 Å². The lowest BCUT2D eigenvalue weighted by molar-refractivity contribution is -0.0532. The van der Waals surface area contributed by atoms with Crippen LogP contribution >= 0.6 is 0 Å². The van der Waals surface area contributed by atoms with Crippen molar-refractivity contribution in [3.8, 4) is 5.88 Å². The van der Waals surface area contributed by atoms with Crippen LogP contribution in [0.1, 0.15) is 58.3 Å². The number of alkyl halides is 1. The quantitative estimate of drug-likeness (QED) is 0.581. The van der Waals surface area contributed by atoms with Gasteiger partial charge in [0, 0.05) is 19.3 Å². The van der Waals surface area contributed by atoms with E-state index in [1.54, 1.807) is 0 Å². The SMILES string of the molecule is CC(C)(F)c1nc(N2CCC(OC3CCC(Oc4cnc(S(C)(=O)=O)cn4)CC3)CC2)no1. The number of hydrogen-bond donors (Lipinski definition) is 0. The highest BCUT2D eigenvalue weighted by Gasteiger charge is 2.31. The molecule has 0 bridgehead atoms. The summed E-state index contributed by atoms with van der Waals surface area (Å²) in [5.74, 6) is 0.756. The summed E-state index contributed by atoms with van der Waals surface area (Å²) in [5, 5.41) is 3.85. The van der Waals surface area contributed by atoms with Crippen LogP contribution in [-0.2, 0) is 20.2 Å². The lowest BCUT2D eigenvalue weighted by Crippen LogP contribution is -2.40. The standard InChI is InChI=1S/C21H30FN5O5S/c1-21(2,22)19-25-20(26-32-19)27-10-8-16(9-11-27)30-14-4-6-15(7-5-14)31-17-12-24-18(13-23-17)33(3,28)29/h12-16H,4-11H2,1-3H3. The zero-order chi connectivity index (χ0) is 23.6. The van der Waals surface area contributed by atoms with Crippen LogP contribution in [0.5, 0.6) is 5.88 Å². The van der Waals surface area contributed by atoms with Gasteiger partial charge in [-0.25, -0.2) is 22.8 Å². The molecule has 1 aliphatic heterocycles. The molecule has 12 heteroatoms. The maximum atomic E-state index is 14.0. The summed E-state index contributed by atoms with van der Waals surface area (Å²) in [6.07, 6.45) is 9.18. The Morgan fingerprint density at radius 3 is 2.21 bits per heavy atom. The van der Waals surface area contributed by atoms with Crippen molar-refractivity contribution in [2.75, 3.05) is 24.2 Å². The van der Waals surface area contributed by atoms with E-state index in [9.17, 15) is 12.8 Å². The first-order valence-electron chi connectivity index (χ1n) is 11.2. The number of aromatic nitrogens is 4. The molecular formula is C21H30FN5O5S. The highest BCUT2D eigenvalue weighted by atomic mass is 32.2. The first-order chi connectivity index (χ1) is 15.6. The molecule has 0 unspecified atom stereocenters. The lowest BCUT2D eigenvalue weighted by Gasteiger charge is -2.35. The number of sulfone groups is 1. The van der Waals surface area contributed by atoms with Crippen LogP contribution in [0, 0.1) is 0 Å². The van der Waals surface area contributed by atoms with E-state index >= 15 is 0 Å². The van der Waals surface area contributed by atoms with Crippen molar-refractivity contribution in [1.29, 1.82) is 0 Å². The monoisotopic (exact) mass is 483 g/mol. The minimum Gasteiger partial charge on any atom is -0.473 e. The maximum Gasteiger partial charge on any atom is 0.266 e. The van der Waals surface area contributed by atoms with Gasteiger partial charge in [-0.3, -0.25) is 0 Å². The van der Waals surface area contributed by atoms with Crippen LogP contribution in [0.3, 0.4) is 0 Å². The van der Waals surface area contributed by atoms with Crippen LogP contribution in [-0.4, -0.2) is 66.2 Å². The van der Waals surface area contributed by atoms with Crippen molar-refractivity contribution in [2.24, 2.45) is 0 Å². The zero-order valence-electron chi connectivity index (χ0n) is 19.1. The molecule has 1 saturated heterocycles. The molecule has 0 aromatic carbocycles. The van der Waals surface area contributed by atoms with Crippen molar-refractivity contribution < 1.29 is 26.8 Å². The van der Waals surface area contributed by atoms with Crippen molar-refractivity contribution >= 4 is 15.8 Å². The average Bonchev–Trinajstić information content (AvgIpc) is 3.26. The van der Waals surface area contributed by atoms with Gasteiger partial charge >= 0.3 is 0 Å². The van der Waals surface area contributed by atoms with Crippen molar-refractivity contribution in [3.05, 3.63) is 18.3 Å². The number of nitrogens with zero attached hydrogens (tertiary/aromatic N) is 5. The number of halogens is 1. The Bertz CT molecular complexity index is 1020. The minimum atomic E-state index is -3.37. The molecule has 1 saturated carbocycles. The molecule has 0 atom stereocenters. The number of ether oxygens (including phenoxy) is 2. The molecule has 182 valence electrons. The Morgan fingerprint density at radius 1 is 1.03 bits per heavy atom. The summed E-state index contributed by atoms with van der Waals surface area (Å²) in [5.41, 5.74) is -1.65. The molecule has 0 amide bonds. The Kier molecular flexibility index (Phi) is 6.85. The van der Waals surface area contributed by atoms with Crippen molar-refractivity contribution in [2.45, 2.75) is 81.4 Å². The van der Waals surface area contributed by atoms with Crippen LogP contribution < -0.4 is 9.64 Å². The third-order valence-corrected chi connectivity index (χ3v) is 6.90. The molecule has 3 heterocycles. The van der Waals surface area contributed by atoms with Gasteiger partial charge in [0.15, 0.2) is 20.5 Å². The van der Waals surface area contributed by atoms with Crippen molar-refractivity contribution in [1.82, 2.24) is 20.1 Å². The predicted molar refractivity (Wildman–Crippen MR) is 117 cm³/mol. The second-order valence-electron chi connectivity index (χ2n) is 9.18. The highest BCUT2D eigenvalue weighted by molar-refractivity contribution is 7.90. The topological polar surface area (TPSA) is 121 Å². The lowest BCUT2D eigenvalue weighted by atomic mass is 9.94. The van der Waals surface area contributed by atoms with Gasteiger partial charge in [0.1, 0.15) is 6.10 Å². The normalized spacial score (nSPS) is 23.0. The van der Waals surface area contributed by atoms with Gasteiger partial charge in [-0.05, 0) is 57.5 Å². The van der Waals surface area contributed by atoms with Gasteiger partial charge in [-0.1, -0.05) is 0 Å². The maximum absolute atomic E-state index is 14.0. The van der Waals surface area contributed by atoms with Gasteiger partial charge in [0.05, 0.1) is 24.6 Å². The molecule has 10 nitrogen and oxygen atoms in total. The van der Waals surface area contributed by atoms with E-state index in [1.807, 2.05) is 4.90 Å². The van der Waals surface area contributed by atoms with E-state index in [-0.39, 0.29) is 29.2 Å². The smallest absolute Gasteiger partial charge is 0.266 e. The zero-order valence-corrected chi connectivity index (χ0v) is 19.9. The van der Waals surface area contributed by atoms with Crippen LogP contribution in [0.2, 0.25) is 0 Å². The van der Waals surface area contributed by atoms with Gasteiger partial charge in [0.25, 0.3) is 11.8 Å². The Morgan fingerprint density at radius 2 is 1.67 bits per heavy atom. The molecule has 0 N–H and O–H groups in total. The Labute approximate surface area is 192 Å². The number of anilines is 1. The van der Waals surface area contributed by atoms with Gasteiger partial charge in [-0.15, -0.1) is 0 Å². The minimum absolute atomic E-state index is 0.00725. The highest BCUT2D eigenvalue weighted by Crippen LogP contribution is 2.29. The molecule has 2 aliphatic rings. The molecule has 33 heavy (non-hydrogen) atoms. The van der Waals surface area contributed by atoms with Crippen LogP contribution in [0.15, 0.2) is 21.9 Å². The summed E-state index contributed by atoms with van der Waals surface area (Å²) in [6.45, 7) is 4.26. The fourth-order valence-electron chi connectivity index (χ4n) is 4.06. The van der Waals surface area contributed by atoms with Gasteiger partial charge < -0.3 is 18.9 Å². The van der Waals surface area contributed by atoms with E-state index in [2.05, 4.69) is 20.1 Å². The molecule has 2 fully saturated rings. The Balaban J connectivity index is 1.19. The van der Waals surface area contributed by atoms with Gasteiger partial charge in [-0.2, -0.15) is 4.98 Å². The predicted octanol–water partition coefficient (Wildman–Crippen LogP) is 2.84. The molecule has 4 rings (SSSR count). The van der Waals surface area contributed by atoms with Gasteiger partial charge in [0.2, 0.25) is 5.88 Å². The summed E-state index contributed by atoms with van der Waals surface area (Å²) in [6, 6.07) is 0. The van der Waals surface area contributed by atoms with Crippen molar-refractivity contribution in [3.63, 3.8) is 0 Å². The molecule has 2 aromatic rings. The van der Waals surface area contributed by atoms with E-state index in [0.29, 0.717) is 11.8 Å². The first kappa shape index (κ1) is 23.8. The third-order valence-electron chi connectivity index (χ3n) is 5.93. The summed E-state index contributed by atoms with van der Waals surface area (Å²) in [7, 11) is -3.37. The number of hydrogen-bond acceptors (Lipinski definition) is 10. The fraction of sp³-hybridized carbons (Fsp3) is 0.714. The third kappa shape index (κ3) is 6.17. The molecule has 2 aromatic heterocycles. The molecule has 1 aliphatic carbocycles. The van der Waals surface area contributed by atoms with Crippen LogP contribution in [0.25, 0.3) is 0 Å².